The lowest BCUT2D eigenvalue weighted by Crippen LogP contribution is -2.43. The van der Waals surface area contributed by atoms with Gasteiger partial charge in [-0.25, -0.2) is 0 Å². The summed E-state index contributed by atoms with van der Waals surface area (Å²) in [5.74, 6) is 0.779. The van der Waals surface area contributed by atoms with Crippen molar-refractivity contribution in [1.82, 2.24) is 15.5 Å². The molecule has 2 aliphatic rings. The molecule has 2 rings (SSSR count). The topological polar surface area (TPSA) is 27.3 Å². The summed E-state index contributed by atoms with van der Waals surface area (Å²) >= 11 is 0. The molecule has 2 heterocycles. The van der Waals surface area contributed by atoms with Crippen molar-refractivity contribution in [3.05, 3.63) is 12.2 Å². The van der Waals surface area contributed by atoms with Crippen LogP contribution in [0.4, 0.5) is 0 Å². The highest BCUT2D eigenvalue weighted by Gasteiger charge is 2.10. The van der Waals surface area contributed by atoms with E-state index in [-0.39, 0.29) is 0 Å². The van der Waals surface area contributed by atoms with Crippen molar-refractivity contribution in [2.24, 2.45) is 5.92 Å². The molecule has 0 aromatic heterocycles. The van der Waals surface area contributed by atoms with Crippen LogP contribution in [0.3, 0.4) is 0 Å². The van der Waals surface area contributed by atoms with Crippen LogP contribution >= 0.6 is 0 Å². The maximum Gasteiger partial charge on any atom is 0.0164 e. The molecular weight excluding hydrogens is 186 g/mol. The van der Waals surface area contributed by atoms with E-state index in [1.54, 1.807) is 0 Å². The number of hydrogen-bond acceptors (Lipinski definition) is 3. The molecule has 0 saturated carbocycles. The van der Waals surface area contributed by atoms with Gasteiger partial charge in [-0.1, -0.05) is 12.2 Å². The smallest absolute Gasteiger partial charge is 0.0164 e. The van der Waals surface area contributed by atoms with Crippen molar-refractivity contribution in [2.75, 3.05) is 45.8 Å². The Bertz CT molecular complexity index is 191. The van der Waals surface area contributed by atoms with Crippen LogP contribution in [0.25, 0.3) is 0 Å². The highest BCUT2D eigenvalue weighted by Crippen LogP contribution is 2.10. The first kappa shape index (κ1) is 11.1. The minimum absolute atomic E-state index is 0.779. The van der Waals surface area contributed by atoms with Gasteiger partial charge in [0.2, 0.25) is 0 Å². The molecule has 0 aromatic rings. The van der Waals surface area contributed by atoms with Crippen molar-refractivity contribution in [3.8, 4) is 0 Å². The molecule has 0 spiro atoms. The molecule has 86 valence electrons. The molecule has 0 bridgehead atoms. The average molecular weight is 209 g/mol. The fourth-order valence-electron chi connectivity index (χ4n) is 2.34. The van der Waals surface area contributed by atoms with Gasteiger partial charge in [0.15, 0.2) is 0 Å². The summed E-state index contributed by atoms with van der Waals surface area (Å²) in [7, 11) is 0. The van der Waals surface area contributed by atoms with E-state index in [9.17, 15) is 0 Å². The minimum atomic E-state index is 0.779. The van der Waals surface area contributed by atoms with Crippen LogP contribution in [0, 0.1) is 5.92 Å². The normalized spacial score (nSPS) is 29.7. The van der Waals surface area contributed by atoms with Crippen LogP contribution in [0.15, 0.2) is 12.2 Å². The summed E-state index contributed by atoms with van der Waals surface area (Å²) in [6.07, 6.45) is 7.48. The van der Waals surface area contributed by atoms with Crippen molar-refractivity contribution < 1.29 is 0 Å². The number of piperazine rings is 1. The minimum Gasteiger partial charge on any atom is -0.316 e. The summed E-state index contributed by atoms with van der Waals surface area (Å²) in [5.41, 5.74) is 0. The molecule has 0 radical (unpaired) electrons. The second-order valence-electron chi connectivity index (χ2n) is 4.59. The Hall–Kier alpha value is -0.380. The Balaban J connectivity index is 1.64. The molecule has 3 heteroatoms. The number of nitrogens with one attached hydrogen (secondary N) is 2. The Morgan fingerprint density at radius 2 is 2.00 bits per heavy atom. The lowest BCUT2D eigenvalue weighted by Gasteiger charge is -2.26. The average Bonchev–Trinajstić information content (AvgIpc) is 2.32. The molecule has 0 aliphatic carbocycles. The quantitative estimate of drug-likeness (QED) is 0.661. The van der Waals surface area contributed by atoms with Gasteiger partial charge in [0.25, 0.3) is 0 Å². The third-order valence-electron chi connectivity index (χ3n) is 3.32. The van der Waals surface area contributed by atoms with Crippen LogP contribution in [-0.2, 0) is 0 Å². The number of piperidine rings is 1. The fourth-order valence-corrected chi connectivity index (χ4v) is 2.34. The molecule has 3 nitrogen and oxygen atoms in total. The van der Waals surface area contributed by atoms with Crippen molar-refractivity contribution in [1.29, 1.82) is 0 Å². The van der Waals surface area contributed by atoms with Crippen LogP contribution in [0.5, 0.6) is 0 Å². The summed E-state index contributed by atoms with van der Waals surface area (Å²) < 4.78 is 0. The lowest BCUT2D eigenvalue weighted by atomic mass is 9.99. The first-order chi connectivity index (χ1) is 7.45. The lowest BCUT2D eigenvalue weighted by molar-refractivity contribution is 0.264. The Kier molecular flexibility index (Phi) is 4.64. The van der Waals surface area contributed by atoms with Gasteiger partial charge in [-0.2, -0.15) is 0 Å². The van der Waals surface area contributed by atoms with Gasteiger partial charge in [-0.05, 0) is 25.3 Å². The second-order valence-corrected chi connectivity index (χ2v) is 4.59. The molecule has 1 atom stereocenters. The first-order valence-corrected chi connectivity index (χ1v) is 6.25. The highest BCUT2D eigenvalue weighted by molar-refractivity contribution is 4.93. The highest BCUT2D eigenvalue weighted by atomic mass is 15.2. The van der Waals surface area contributed by atoms with Gasteiger partial charge in [-0.15, -0.1) is 0 Å². The van der Waals surface area contributed by atoms with E-state index in [2.05, 4.69) is 27.7 Å². The molecule has 0 amide bonds. The maximum absolute atomic E-state index is 3.45. The summed E-state index contributed by atoms with van der Waals surface area (Å²) in [6.45, 7) is 8.23. The summed E-state index contributed by atoms with van der Waals surface area (Å²) in [4.78, 5) is 2.52. The van der Waals surface area contributed by atoms with Crippen molar-refractivity contribution >= 4 is 0 Å². The van der Waals surface area contributed by atoms with Gasteiger partial charge in [0.05, 0.1) is 0 Å². The van der Waals surface area contributed by atoms with Crippen LogP contribution in [0.2, 0.25) is 0 Å². The molecule has 2 saturated heterocycles. The molecular formula is C12H23N3. The van der Waals surface area contributed by atoms with E-state index in [0.717, 1.165) is 25.6 Å². The third-order valence-corrected chi connectivity index (χ3v) is 3.32. The molecule has 2 aliphatic heterocycles. The van der Waals surface area contributed by atoms with E-state index >= 15 is 0 Å². The van der Waals surface area contributed by atoms with Crippen LogP contribution < -0.4 is 10.6 Å². The second kappa shape index (κ2) is 6.26. The maximum atomic E-state index is 3.45. The van der Waals surface area contributed by atoms with E-state index in [4.69, 9.17) is 0 Å². The standard InChI is InChI=1S/C12H23N3/c1-3-12(11-14-5-1)4-2-8-15-9-6-13-7-10-15/h2,4,12-14H,1,3,5-11H2/b4-2-. The van der Waals surface area contributed by atoms with Gasteiger partial charge in [-0.3, -0.25) is 4.90 Å². The third kappa shape index (κ3) is 3.93. The van der Waals surface area contributed by atoms with E-state index in [1.165, 1.54) is 39.0 Å². The zero-order chi connectivity index (χ0) is 10.3. The molecule has 0 aromatic carbocycles. The monoisotopic (exact) mass is 209 g/mol. The van der Waals surface area contributed by atoms with Crippen LogP contribution in [0.1, 0.15) is 12.8 Å². The van der Waals surface area contributed by atoms with E-state index in [1.807, 2.05) is 0 Å². The molecule has 2 N–H and O–H groups in total. The Morgan fingerprint density at radius 1 is 1.13 bits per heavy atom. The SMILES string of the molecule is C(=C/C1CCCNC1)/CN1CCNCC1. The summed E-state index contributed by atoms with van der Waals surface area (Å²) in [6, 6.07) is 0. The van der Waals surface area contributed by atoms with Gasteiger partial charge >= 0.3 is 0 Å². The zero-order valence-corrected chi connectivity index (χ0v) is 9.54. The number of nitrogens with zero attached hydrogens (tertiary/aromatic N) is 1. The Labute approximate surface area is 92.9 Å². The fraction of sp³-hybridized carbons (Fsp3) is 0.833. The van der Waals surface area contributed by atoms with Crippen molar-refractivity contribution in [3.63, 3.8) is 0 Å². The predicted octanol–water partition coefficient (Wildman–Crippen LogP) is 0.447. The van der Waals surface area contributed by atoms with E-state index in [0.29, 0.717) is 0 Å². The van der Waals surface area contributed by atoms with Crippen molar-refractivity contribution in [2.45, 2.75) is 12.8 Å². The molecule has 15 heavy (non-hydrogen) atoms. The zero-order valence-electron chi connectivity index (χ0n) is 9.54. The molecule has 1 unspecified atom stereocenters. The van der Waals surface area contributed by atoms with E-state index < -0.39 is 0 Å². The molecule has 2 fully saturated rings. The van der Waals surface area contributed by atoms with Gasteiger partial charge < -0.3 is 10.6 Å². The first-order valence-electron chi connectivity index (χ1n) is 6.25. The van der Waals surface area contributed by atoms with Gasteiger partial charge in [0, 0.05) is 39.3 Å². The van der Waals surface area contributed by atoms with Crippen LogP contribution in [-0.4, -0.2) is 50.7 Å². The largest absolute Gasteiger partial charge is 0.316 e. The summed E-state index contributed by atoms with van der Waals surface area (Å²) in [5, 5.41) is 6.83. The predicted molar refractivity (Wildman–Crippen MR) is 64.0 cm³/mol. The number of hydrogen-bond donors (Lipinski definition) is 2. The van der Waals surface area contributed by atoms with Gasteiger partial charge in [0.1, 0.15) is 0 Å². The Morgan fingerprint density at radius 3 is 2.73 bits per heavy atom. The number of rotatable bonds is 3.